The van der Waals surface area contributed by atoms with Gasteiger partial charge in [0.25, 0.3) is 0 Å². The molecule has 0 spiro atoms. The van der Waals surface area contributed by atoms with Crippen LogP contribution in [0.15, 0.2) is 36.5 Å². The number of hydrogen-bond donors (Lipinski definition) is 1. The summed E-state index contributed by atoms with van der Waals surface area (Å²) in [5.74, 6) is 0.562. The van der Waals surface area contributed by atoms with Gasteiger partial charge in [0.05, 0.1) is 15.7 Å². The van der Waals surface area contributed by atoms with Crippen molar-refractivity contribution < 1.29 is 0 Å². The van der Waals surface area contributed by atoms with Gasteiger partial charge in [-0.05, 0) is 30.3 Å². The molecule has 2 heterocycles. The fraction of sp³-hybridized carbons (Fsp3) is 0. The number of aromatic nitrogens is 3. The summed E-state index contributed by atoms with van der Waals surface area (Å²) in [7, 11) is 0. The predicted octanol–water partition coefficient (Wildman–Crippen LogP) is 3.29. The van der Waals surface area contributed by atoms with Gasteiger partial charge in [-0.15, -0.1) is 5.10 Å². The van der Waals surface area contributed by atoms with Gasteiger partial charge in [-0.2, -0.15) is 0 Å². The van der Waals surface area contributed by atoms with Crippen LogP contribution >= 0.6 is 23.2 Å². The molecule has 1 aromatic carbocycles. The topological polar surface area (TPSA) is 56.2 Å². The van der Waals surface area contributed by atoms with Crippen LogP contribution in [-0.4, -0.2) is 14.6 Å². The highest BCUT2D eigenvalue weighted by Gasteiger charge is 2.09. The highest BCUT2D eigenvalue weighted by atomic mass is 35.5. The summed E-state index contributed by atoms with van der Waals surface area (Å²) in [6, 6.07) is 8.86. The predicted molar refractivity (Wildman–Crippen MR) is 72.9 cm³/mol. The second-order valence-electron chi connectivity index (χ2n) is 3.80. The first-order chi connectivity index (χ1) is 8.65. The maximum Gasteiger partial charge on any atom is 0.182 e. The zero-order valence-electron chi connectivity index (χ0n) is 9.14. The molecule has 90 valence electrons. The van der Waals surface area contributed by atoms with E-state index in [1.165, 1.54) is 0 Å². The van der Waals surface area contributed by atoms with E-state index in [2.05, 4.69) is 10.1 Å². The van der Waals surface area contributed by atoms with Gasteiger partial charge in [0.2, 0.25) is 0 Å². The lowest BCUT2D eigenvalue weighted by Crippen LogP contribution is -1.92. The molecule has 0 saturated carbocycles. The summed E-state index contributed by atoms with van der Waals surface area (Å²) in [4.78, 5) is 4.38. The van der Waals surface area contributed by atoms with Gasteiger partial charge >= 0.3 is 0 Å². The van der Waals surface area contributed by atoms with Crippen molar-refractivity contribution in [3.8, 4) is 11.4 Å². The Kier molecular flexibility index (Phi) is 2.61. The first-order valence-electron chi connectivity index (χ1n) is 5.21. The Balaban J connectivity index is 2.19. The average molecular weight is 279 g/mol. The smallest absolute Gasteiger partial charge is 0.182 e. The van der Waals surface area contributed by atoms with E-state index in [9.17, 15) is 0 Å². The zero-order valence-corrected chi connectivity index (χ0v) is 10.7. The number of hydrogen-bond acceptors (Lipinski definition) is 3. The number of fused-ring (bicyclic) bond motifs is 1. The van der Waals surface area contributed by atoms with Gasteiger partial charge in [-0.1, -0.05) is 23.2 Å². The normalized spacial score (nSPS) is 11.0. The van der Waals surface area contributed by atoms with Crippen molar-refractivity contribution in [2.24, 2.45) is 0 Å². The third-order valence-corrected chi connectivity index (χ3v) is 3.31. The second kappa shape index (κ2) is 4.15. The van der Waals surface area contributed by atoms with Crippen LogP contribution in [0.1, 0.15) is 0 Å². The fourth-order valence-corrected chi connectivity index (χ4v) is 1.98. The van der Waals surface area contributed by atoms with Crippen LogP contribution < -0.4 is 5.73 Å². The Morgan fingerprint density at radius 1 is 1.11 bits per heavy atom. The summed E-state index contributed by atoms with van der Waals surface area (Å²) in [5, 5.41) is 5.31. The van der Waals surface area contributed by atoms with Gasteiger partial charge in [-0.3, -0.25) is 0 Å². The molecule has 0 atom stereocenters. The molecule has 3 aromatic rings. The van der Waals surface area contributed by atoms with Gasteiger partial charge < -0.3 is 5.73 Å². The third-order valence-electron chi connectivity index (χ3n) is 2.57. The number of anilines is 1. The number of benzene rings is 1. The lowest BCUT2D eigenvalue weighted by Gasteiger charge is -1.97. The minimum absolute atomic E-state index is 0.473. The van der Waals surface area contributed by atoms with Crippen LogP contribution in [0.25, 0.3) is 17.0 Å². The molecule has 3 rings (SSSR count). The number of pyridine rings is 1. The van der Waals surface area contributed by atoms with E-state index >= 15 is 0 Å². The average Bonchev–Trinajstić information content (AvgIpc) is 2.78. The van der Waals surface area contributed by atoms with E-state index in [0.717, 1.165) is 5.56 Å². The summed E-state index contributed by atoms with van der Waals surface area (Å²) < 4.78 is 1.63. The SMILES string of the molecule is Nc1cccn2nc(-c3ccc(Cl)c(Cl)c3)nc12. The molecule has 2 aromatic heterocycles. The number of nitrogens with zero attached hydrogens (tertiary/aromatic N) is 3. The monoisotopic (exact) mass is 278 g/mol. The molecule has 18 heavy (non-hydrogen) atoms. The molecule has 4 nitrogen and oxygen atoms in total. The summed E-state index contributed by atoms with van der Waals surface area (Å²) in [5.41, 5.74) is 7.83. The fourth-order valence-electron chi connectivity index (χ4n) is 1.68. The van der Waals surface area contributed by atoms with E-state index in [4.69, 9.17) is 28.9 Å². The standard InChI is InChI=1S/C12H8Cl2N4/c13-8-4-3-7(6-9(8)14)11-16-12-10(15)2-1-5-18(12)17-11/h1-6H,15H2. The van der Waals surface area contributed by atoms with Crippen LogP contribution in [0.2, 0.25) is 10.0 Å². The molecule has 0 fully saturated rings. The van der Waals surface area contributed by atoms with E-state index in [1.54, 1.807) is 28.9 Å². The van der Waals surface area contributed by atoms with Crippen molar-refractivity contribution in [2.75, 3.05) is 5.73 Å². The molecule has 0 aliphatic rings. The van der Waals surface area contributed by atoms with Crippen LogP contribution in [0.5, 0.6) is 0 Å². The molecule has 0 radical (unpaired) electrons. The van der Waals surface area contributed by atoms with Gasteiger partial charge in [-0.25, -0.2) is 9.50 Å². The zero-order chi connectivity index (χ0) is 12.7. The van der Waals surface area contributed by atoms with Crippen molar-refractivity contribution in [1.82, 2.24) is 14.6 Å². The number of nitrogens with two attached hydrogens (primary N) is 1. The molecule has 0 unspecified atom stereocenters. The Labute approximate surface area is 113 Å². The maximum atomic E-state index is 5.97. The first-order valence-corrected chi connectivity index (χ1v) is 5.97. The molecule has 0 aliphatic carbocycles. The number of nitrogen functional groups attached to an aromatic ring is 1. The molecule has 6 heteroatoms. The highest BCUT2D eigenvalue weighted by Crippen LogP contribution is 2.27. The Hall–Kier alpha value is -1.78. The molecule has 0 aliphatic heterocycles. The number of rotatable bonds is 1. The Bertz CT molecular complexity index is 736. The largest absolute Gasteiger partial charge is 0.396 e. The van der Waals surface area contributed by atoms with E-state index in [0.29, 0.717) is 27.2 Å². The van der Waals surface area contributed by atoms with Crippen molar-refractivity contribution in [3.63, 3.8) is 0 Å². The number of halogens is 2. The van der Waals surface area contributed by atoms with Crippen LogP contribution in [0.4, 0.5) is 5.69 Å². The second-order valence-corrected chi connectivity index (χ2v) is 4.61. The van der Waals surface area contributed by atoms with Gasteiger partial charge in [0, 0.05) is 11.8 Å². The minimum Gasteiger partial charge on any atom is -0.396 e. The van der Waals surface area contributed by atoms with E-state index in [1.807, 2.05) is 12.1 Å². The third kappa shape index (κ3) is 1.79. The van der Waals surface area contributed by atoms with Crippen molar-refractivity contribution in [2.45, 2.75) is 0 Å². The molecule has 0 amide bonds. The highest BCUT2D eigenvalue weighted by molar-refractivity contribution is 6.42. The summed E-state index contributed by atoms with van der Waals surface area (Å²) in [6.07, 6.45) is 1.79. The lowest BCUT2D eigenvalue weighted by atomic mass is 10.2. The van der Waals surface area contributed by atoms with Crippen molar-refractivity contribution >= 4 is 34.5 Å². The van der Waals surface area contributed by atoms with Crippen molar-refractivity contribution in [1.29, 1.82) is 0 Å². The maximum absolute atomic E-state index is 5.97. The molecular formula is C12H8Cl2N4. The van der Waals surface area contributed by atoms with E-state index in [-0.39, 0.29) is 0 Å². The Morgan fingerprint density at radius 3 is 2.67 bits per heavy atom. The molecule has 0 saturated heterocycles. The summed E-state index contributed by atoms with van der Waals surface area (Å²) >= 11 is 11.8. The summed E-state index contributed by atoms with van der Waals surface area (Å²) in [6.45, 7) is 0. The van der Waals surface area contributed by atoms with Crippen LogP contribution in [0.3, 0.4) is 0 Å². The molecular weight excluding hydrogens is 271 g/mol. The quantitative estimate of drug-likeness (QED) is 0.743. The lowest BCUT2D eigenvalue weighted by molar-refractivity contribution is 0.967. The van der Waals surface area contributed by atoms with Gasteiger partial charge in [0.1, 0.15) is 0 Å². The van der Waals surface area contributed by atoms with E-state index < -0.39 is 0 Å². The Morgan fingerprint density at radius 2 is 1.94 bits per heavy atom. The minimum atomic E-state index is 0.473. The van der Waals surface area contributed by atoms with Gasteiger partial charge in [0.15, 0.2) is 11.5 Å². The first kappa shape index (κ1) is 11.3. The van der Waals surface area contributed by atoms with Crippen LogP contribution in [-0.2, 0) is 0 Å². The van der Waals surface area contributed by atoms with Crippen molar-refractivity contribution in [3.05, 3.63) is 46.6 Å². The molecule has 2 N–H and O–H groups in total. The molecule has 0 bridgehead atoms. The van der Waals surface area contributed by atoms with Crippen LogP contribution in [0, 0.1) is 0 Å².